The maximum atomic E-state index is 11.6. The number of amides is 1. The summed E-state index contributed by atoms with van der Waals surface area (Å²) in [6.45, 7) is 6.70. The van der Waals surface area contributed by atoms with Crippen LogP contribution in [-0.2, 0) is 4.79 Å². The lowest BCUT2D eigenvalue weighted by Gasteiger charge is -2.11. The zero-order valence-corrected chi connectivity index (χ0v) is 12.6. The Morgan fingerprint density at radius 2 is 1.95 bits per heavy atom. The van der Waals surface area contributed by atoms with E-state index in [9.17, 15) is 9.90 Å². The van der Waals surface area contributed by atoms with E-state index in [1.807, 2.05) is 32.9 Å². The minimum atomic E-state index is -0.454. The molecule has 1 rings (SSSR count). The van der Waals surface area contributed by atoms with Crippen LogP contribution in [0.3, 0.4) is 0 Å². The highest BCUT2D eigenvalue weighted by Gasteiger charge is 2.06. The van der Waals surface area contributed by atoms with Gasteiger partial charge < -0.3 is 15.2 Å². The number of aryl methyl sites for hydroxylation is 2. The van der Waals surface area contributed by atoms with Gasteiger partial charge >= 0.3 is 0 Å². The minimum absolute atomic E-state index is 0.0930. The van der Waals surface area contributed by atoms with Gasteiger partial charge in [0.1, 0.15) is 5.75 Å². The van der Waals surface area contributed by atoms with E-state index in [1.165, 1.54) is 0 Å². The number of carbonyl (C=O) groups excluding carboxylic acids is 1. The molecule has 0 aliphatic heterocycles. The lowest BCUT2D eigenvalue weighted by molar-refractivity contribution is -0.122. The third kappa shape index (κ3) is 6.57. The maximum absolute atomic E-state index is 11.6. The molecule has 0 saturated heterocycles. The first-order valence-electron chi connectivity index (χ1n) is 7.17. The molecule has 0 bridgehead atoms. The van der Waals surface area contributed by atoms with Crippen LogP contribution in [0.5, 0.6) is 5.75 Å². The summed E-state index contributed by atoms with van der Waals surface area (Å²) in [6.07, 6.45) is 1.46. The Labute approximate surface area is 121 Å². The van der Waals surface area contributed by atoms with Gasteiger partial charge in [-0.05, 0) is 43.5 Å². The number of ether oxygens (including phenoxy) is 1. The molecule has 0 saturated carbocycles. The molecular formula is C16H25NO3. The van der Waals surface area contributed by atoms with Gasteiger partial charge in [-0.25, -0.2) is 0 Å². The summed E-state index contributed by atoms with van der Waals surface area (Å²) in [5.74, 6) is 0.700. The lowest BCUT2D eigenvalue weighted by Crippen LogP contribution is -2.32. The van der Waals surface area contributed by atoms with Crippen LogP contribution < -0.4 is 10.1 Å². The van der Waals surface area contributed by atoms with Gasteiger partial charge in [-0.2, -0.15) is 0 Å². The smallest absolute Gasteiger partial charge is 0.223 e. The van der Waals surface area contributed by atoms with Gasteiger partial charge in [-0.3, -0.25) is 4.79 Å². The zero-order chi connectivity index (χ0) is 15.0. The van der Waals surface area contributed by atoms with Crippen molar-refractivity contribution in [3.8, 4) is 5.75 Å². The average Bonchev–Trinajstić information content (AvgIpc) is 2.35. The van der Waals surface area contributed by atoms with Gasteiger partial charge in [0, 0.05) is 6.54 Å². The summed E-state index contributed by atoms with van der Waals surface area (Å²) in [7, 11) is 0. The predicted molar refractivity (Wildman–Crippen MR) is 80.0 cm³/mol. The fraction of sp³-hybridized carbons (Fsp3) is 0.562. The van der Waals surface area contributed by atoms with Crippen LogP contribution in [0.25, 0.3) is 0 Å². The molecule has 1 unspecified atom stereocenters. The average molecular weight is 279 g/mol. The molecule has 4 heteroatoms. The molecule has 0 fully saturated rings. The second-order valence-electron chi connectivity index (χ2n) is 5.17. The normalized spacial score (nSPS) is 12.0. The van der Waals surface area contributed by atoms with E-state index >= 15 is 0 Å². The molecule has 1 amide bonds. The number of carbonyl (C=O) groups is 1. The molecule has 4 nitrogen and oxygen atoms in total. The van der Waals surface area contributed by atoms with Gasteiger partial charge in [0.25, 0.3) is 0 Å². The third-order valence-electron chi connectivity index (χ3n) is 2.95. The standard InChI is InChI=1S/C16H25NO3/c1-4-5-14(18)11-17-16(19)6-7-20-15-9-12(2)8-13(3)10-15/h8-10,14,18H,4-7,11H2,1-3H3,(H,17,19). The highest BCUT2D eigenvalue weighted by atomic mass is 16.5. The maximum Gasteiger partial charge on any atom is 0.223 e. The van der Waals surface area contributed by atoms with Crippen molar-refractivity contribution in [2.75, 3.05) is 13.2 Å². The Bertz CT molecular complexity index is 411. The van der Waals surface area contributed by atoms with E-state index in [0.717, 1.165) is 23.3 Å². The Balaban J connectivity index is 2.24. The first-order valence-corrected chi connectivity index (χ1v) is 7.17. The van der Waals surface area contributed by atoms with Gasteiger partial charge in [-0.1, -0.05) is 19.4 Å². The number of benzene rings is 1. The first-order chi connectivity index (χ1) is 9.51. The molecule has 2 N–H and O–H groups in total. The fourth-order valence-corrected chi connectivity index (χ4v) is 2.03. The molecule has 0 heterocycles. The van der Waals surface area contributed by atoms with Crippen molar-refractivity contribution < 1.29 is 14.6 Å². The van der Waals surface area contributed by atoms with E-state index in [0.29, 0.717) is 26.0 Å². The van der Waals surface area contributed by atoms with E-state index in [-0.39, 0.29) is 5.91 Å². The lowest BCUT2D eigenvalue weighted by atomic mass is 10.1. The van der Waals surface area contributed by atoms with Gasteiger partial charge in [-0.15, -0.1) is 0 Å². The molecule has 1 aromatic carbocycles. The quantitative estimate of drug-likeness (QED) is 0.768. The highest BCUT2D eigenvalue weighted by Crippen LogP contribution is 2.16. The largest absolute Gasteiger partial charge is 0.493 e. The molecule has 0 aromatic heterocycles. The summed E-state index contributed by atoms with van der Waals surface area (Å²) < 4.78 is 5.57. The third-order valence-corrected chi connectivity index (χ3v) is 2.95. The molecule has 0 aliphatic carbocycles. The Morgan fingerprint density at radius 3 is 2.55 bits per heavy atom. The number of aliphatic hydroxyl groups is 1. The van der Waals surface area contributed by atoms with Gasteiger partial charge in [0.15, 0.2) is 0 Å². The van der Waals surface area contributed by atoms with Gasteiger partial charge in [0.05, 0.1) is 19.1 Å². The van der Waals surface area contributed by atoms with Crippen molar-refractivity contribution in [2.45, 2.75) is 46.1 Å². The Kier molecular flexibility index (Phi) is 7.09. The summed E-state index contributed by atoms with van der Waals surface area (Å²) in [6, 6.07) is 5.99. The van der Waals surface area contributed by atoms with E-state index in [2.05, 4.69) is 11.4 Å². The summed E-state index contributed by atoms with van der Waals surface area (Å²) in [5.41, 5.74) is 2.29. The molecular weight excluding hydrogens is 254 g/mol. The van der Waals surface area contributed by atoms with Crippen molar-refractivity contribution in [3.63, 3.8) is 0 Å². The van der Waals surface area contributed by atoms with Gasteiger partial charge in [0.2, 0.25) is 5.91 Å². The van der Waals surface area contributed by atoms with Crippen LogP contribution in [0.1, 0.15) is 37.3 Å². The molecule has 0 spiro atoms. The molecule has 1 aromatic rings. The molecule has 1 atom stereocenters. The molecule has 0 radical (unpaired) electrons. The van der Waals surface area contributed by atoms with Crippen molar-refractivity contribution in [3.05, 3.63) is 29.3 Å². The highest BCUT2D eigenvalue weighted by molar-refractivity contribution is 5.76. The zero-order valence-electron chi connectivity index (χ0n) is 12.6. The van der Waals surface area contributed by atoms with Crippen LogP contribution >= 0.6 is 0 Å². The molecule has 20 heavy (non-hydrogen) atoms. The minimum Gasteiger partial charge on any atom is -0.493 e. The number of hydrogen-bond donors (Lipinski definition) is 2. The Morgan fingerprint density at radius 1 is 1.30 bits per heavy atom. The topological polar surface area (TPSA) is 58.6 Å². The SMILES string of the molecule is CCCC(O)CNC(=O)CCOc1cc(C)cc(C)c1. The fourth-order valence-electron chi connectivity index (χ4n) is 2.03. The van der Waals surface area contributed by atoms with E-state index in [1.54, 1.807) is 0 Å². The van der Waals surface area contributed by atoms with Crippen molar-refractivity contribution in [1.82, 2.24) is 5.32 Å². The van der Waals surface area contributed by atoms with E-state index in [4.69, 9.17) is 4.74 Å². The summed E-state index contributed by atoms with van der Waals surface area (Å²) in [4.78, 5) is 11.6. The number of aliphatic hydroxyl groups excluding tert-OH is 1. The summed E-state index contributed by atoms with van der Waals surface area (Å²) >= 11 is 0. The van der Waals surface area contributed by atoms with E-state index < -0.39 is 6.10 Å². The van der Waals surface area contributed by atoms with Crippen LogP contribution in [0.4, 0.5) is 0 Å². The number of nitrogens with one attached hydrogen (secondary N) is 1. The second kappa shape index (κ2) is 8.59. The van der Waals surface area contributed by atoms with Crippen LogP contribution in [-0.4, -0.2) is 30.3 Å². The Hall–Kier alpha value is -1.55. The van der Waals surface area contributed by atoms with Crippen molar-refractivity contribution in [2.24, 2.45) is 0 Å². The monoisotopic (exact) mass is 279 g/mol. The predicted octanol–water partition coefficient (Wildman–Crippen LogP) is 2.35. The number of hydrogen-bond acceptors (Lipinski definition) is 3. The molecule has 112 valence electrons. The summed E-state index contributed by atoms with van der Waals surface area (Å²) in [5, 5.41) is 12.2. The second-order valence-corrected chi connectivity index (χ2v) is 5.17. The number of rotatable bonds is 8. The molecule has 0 aliphatic rings. The van der Waals surface area contributed by atoms with Crippen molar-refractivity contribution >= 4 is 5.91 Å². The first kappa shape index (κ1) is 16.5. The van der Waals surface area contributed by atoms with Crippen LogP contribution in [0, 0.1) is 13.8 Å². The van der Waals surface area contributed by atoms with Crippen LogP contribution in [0.15, 0.2) is 18.2 Å². The van der Waals surface area contributed by atoms with Crippen LogP contribution in [0.2, 0.25) is 0 Å². The van der Waals surface area contributed by atoms with Crippen molar-refractivity contribution in [1.29, 1.82) is 0 Å².